The molecule has 4 heteroatoms. The predicted molar refractivity (Wildman–Crippen MR) is 77.8 cm³/mol. The van der Waals surface area contributed by atoms with E-state index in [1.165, 1.54) is 0 Å². The number of hydrogen-bond donors (Lipinski definition) is 1. The predicted octanol–water partition coefficient (Wildman–Crippen LogP) is 2.03. The molecular weight excluding hydrogens is 252 g/mol. The second-order valence-electron chi connectivity index (χ2n) is 6.01. The topological polar surface area (TPSA) is 53.2 Å². The molecule has 3 rings (SSSR count). The number of carbonyl (C=O) groups is 1. The number of likely N-dealkylation sites (tertiary alicyclic amines) is 1. The lowest BCUT2D eigenvalue weighted by atomic mass is 9.86. The van der Waals surface area contributed by atoms with E-state index in [9.17, 15) is 9.59 Å². The van der Waals surface area contributed by atoms with Crippen LogP contribution < -0.4 is 5.56 Å². The Balaban J connectivity index is 1.86. The molecule has 2 aliphatic rings. The van der Waals surface area contributed by atoms with Gasteiger partial charge >= 0.3 is 0 Å². The van der Waals surface area contributed by atoms with Gasteiger partial charge in [-0.25, -0.2) is 0 Å². The molecule has 1 aliphatic carbocycles. The van der Waals surface area contributed by atoms with Crippen LogP contribution in [-0.4, -0.2) is 28.9 Å². The van der Waals surface area contributed by atoms with Gasteiger partial charge < -0.3 is 9.88 Å². The Morgan fingerprint density at radius 2 is 1.80 bits per heavy atom. The molecule has 1 N–H and O–H groups in total. The van der Waals surface area contributed by atoms with E-state index < -0.39 is 0 Å². The molecule has 4 nitrogen and oxygen atoms in total. The first kappa shape index (κ1) is 13.2. The fourth-order valence-electron chi connectivity index (χ4n) is 3.46. The van der Waals surface area contributed by atoms with Crippen LogP contribution in [0, 0.1) is 25.7 Å². The van der Waals surface area contributed by atoms with Gasteiger partial charge in [0, 0.05) is 18.8 Å². The van der Waals surface area contributed by atoms with Gasteiger partial charge in [0.1, 0.15) is 5.56 Å². The van der Waals surface area contributed by atoms with Crippen LogP contribution in [-0.2, 0) is 0 Å². The molecule has 20 heavy (non-hydrogen) atoms. The van der Waals surface area contributed by atoms with E-state index in [1.807, 2.05) is 24.8 Å². The molecule has 1 aromatic heterocycles. The van der Waals surface area contributed by atoms with Gasteiger partial charge in [-0.2, -0.15) is 0 Å². The first-order valence-electron chi connectivity index (χ1n) is 7.21. The van der Waals surface area contributed by atoms with Gasteiger partial charge in [-0.3, -0.25) is 9.59 Å². The van der Waals surface area contributed by atoms with Crippen LogP contribution in [0.3, 0.4) is 0 Å². The third-order valence-corrected chi connectivity index (χ3v) is 4.49. The summed E-state index contributed by atoms with van der Waals surface area (Å²) >= 11 is 0. The van der Waals surface area contributed by atoms with E-state index in [0.29, 0.717) is 17.4 Å². The fraction of sp³-hybridized carbons (Fsp3) is 0.500. The van der Waals surface area contributed by atoms with Crippen LogP contribution in [0.4, 0.5) is 0 Å². The third-order valence-electron chi connectivity index (χ3n) is 4.49. The Bertz CT molecular complexity index is 614. The quantitative estimate of drug-likeness (QED) is 0.795. The maximum absolute atomic E-state index is 12.6. The number of nitrogens with zero attached hydrogens (tertiary/aromatic N) is 1. The molecule has 0 bridgehead atoms. The van der Waals surface area contributed by atoms with Gasteiger partial charge in [0.25, 0.3) is 11.5 Å². The van der Waals surface area contributed by atoms with Crippen LogP contribution >= 0.6 is 0 Å². The number of rotatable bonds is 1. The number of amides is 1. The molecule has 2 atom stereocenters. The zero-order valence-electron chi connectivity index (χ0n) is 12.0. The minimum atomic E-state index is -0.263. The molecule has 0 saturated carbocycles. The monoisotopic (exact) mass is 272 g/mol. The van der Waals surface area contributed by atoms with Crippen molar-refractivity contribution in [1.82, 2.24) is 9.88 Å². The molecule has 0 aromatic carbocycles. The number of fused-ring (bicyclic) bond motifs is 1. The lowest BCUT2D eigenvalue weighted by Crippen LogP contribution is -2.34. The molecule has 106 valence electrons. The first-order chi connectivity index (χ1) is 9.56. The number of carbonyl (C=O) groups excluding carboxylic acids is 1. The molecule has 1 aromatic rings. The van der Waals surface area contributed by atoms with Crippen molar-refractivity contribution in [2.45, 2.75) is 26.7 Å². The number of allylic oxidation sites excluding steroid dienone is 2. The highest BCUT2D eigenvalue weighted by Crippen LogP contribution is 2.33. The number of nitrogens with one attached hydrogen (secondary N) is 1. The smallest absolute Gasteiger partial charge is 0.261 e. The molecule has 0 radical (unpaired) electrons. The van der Waals surface area contributed by atoms with Crippen LogP contribution in [0.25, 0.3) is 0 Å². The van der Waals surface area contributed by atoms with Gasteiger partial charge in [0.15, 0.2) is 0 Å². The summed E-state index contributed by atoms with van der Waals surface area (Å²) < 4.78 is 0. The molecule has 1 saturated heterocycles. The molecule has 0 unspecified atom stereocenters. The largest absolute Gasteiger partial charge is 0.338 e. The van der Waals surface area contributed by atoms with Crippen molar-refractivity contribution < 1.29 is 4.79 Å². The van der Waals surface area contributed by atoms with Crippen molar-refractivity contribution in [3.63, 3.8) is 0 Å². The highest BCUT2D eigenvalue weighted by molar-refractivity contribution is 5.95. The van der Waals surface area contributed by atoms with E-state index in [-0.39, 0.29) is 11.5 Å². The van der Waals surface area contributed by atoms with Crippen LogP contribution in [0.15, 0.2) is 23.0 Å². The summed E-state index contributed by atoms with van der Waals surface area (Å²) in [4.78, 5) is 29.3. The number of aryl methyl sites for hydroxylation is 2. The summed E-state index contributed by atoms with van der Waals surface area (Å²) in [5.41, 5.74) is 1.61. The average molecular weight is 272 g/mol. The third kappa shape index (κ3) is 2.19. The Labute approximate surface area is 118 Å². The van der Waals surface area contributed by atoms with Crippen molar-refractivity contribution >= 4 is 5.91 Å². The lowest BCUT2D eigenvalue weighted by molar-refractivity contribution is 0.0781. The minimum Gasteiger partial charge on any atom is -0.338 e. The summed E-state index contributed by atoms with van der Waals surface area (Å²) in [5, 5.41) is 0. The van der Waals surface area contributed by atoms with Crippen molar-refractivity contribution in [3.05, 3.63) is 45.4 Å². The molecule has 0 spiro atoms. The highest BCUT2D eigenvalue weighted by Gasteiger charge is 2.36. The van der Waals surface area contributed by atoms with Gasteiger partial charge in [0.2, 0.25) is 0 Å². The summed E-state index contributed by atoms with van der Waals surface area (Å²) in [5.74, 6) is 1.01. The molecule has 1 aliphatic heterocycles. The van der Waals surface area contributed by atoms with Crippen molar-refractivity contribution in [2.24, 2.45) is 11.8 Å². The van der Waals surface area contributed by atoms with E-state index in [4.69, 9.17) is 0 Å². The summed E-state index contributed by atoms with van der Waals surface area (Å²) in [7, 11) is 0. The zero-order chi connectivity index (χ0) is 14.3. The first-order valence-corrected chi connectivity index (χ1v) is 7.21. The lowest BCUT2D eigenvalue weighted by Gasteiger charge is -2.17. The van der Waals surface area contributed by atoms with Crippen molar-refractivity contribution in [1.29, 1.82) is 0 Å². The normalized spacial score (nSPS) is 24.8. The number of hydrogen-bond acceptors (Lipinski definition) is 2. The standard InChI is InChI=1S/C16H20N2O2/c1-10-7-11(2)17-15(19)14(10)16(20)18-8-12-5-3-4-6-13(12)9-18/h3-4,7,12-13H,5-6,8-9H2,1-2H3,(H,17,19)/t12-,13+. The minimum absolute atomic E-state index is 0.113. The van der Waals surface area contributed by atoms with Crippen molar-refractivity contribution in [3.8, 4) is 0 Å². The second kappa shape index (κ2) is 4.93. The average Bonchev–Trinajstić information content (AvgIpc) is 2.81. The number of H-pyrrole nitrogens is 1. The molecular formula is C16H20N2O2. The Morgan fingerprint density at radius 3 is 2.35 bits per heavy atom. The van der Waals surface area contributed by atoms with Crippen LogP contribution in [0.5, 0.6) is 0 Å². The Kier molecular flexibility index (Phi) is 3.24. The van der Waals surface area contributed by atoms with E-state index in [0.717, 1.165) is 37.2 Å². The van der Waals surface area contributed by atoms with E-state index in [2.05, 4.69) is 17.1 Å². The van der Waals surface area contributed by atoms with Gasteiger partial charge in [0.05, 0.1) is 0 Å². The molecule has 1 amide bonds. The number of aromatic nitrogens is 1. The SMILES string of the molecule is Cc1cc(C)c(C(=O)N2C[C@H]3CC=CC[C@H]3C2)c(=O)[nH]1. The Morgan fingerprint density at radius 1 is 1.20 bits per heavy atom. The zero-order valence-corrected chi connectivity index (χ0v) is 12.0. The van der Waals surface area contributed by atoms with Crippen LogP contribution in [0.2, 0.25) is 0 Å². The second-order valence-corrected chi connectivity index (χ2v) is 6.01. The highest BCUT2D eigenvalue weighted by atomic mass is 16.2. The van der Waals surface area contributed by atoms with E-state index in [1.54, 1.807) is 0 Å². The summed E-state index contributed by atoms with van der Waals surface area (Å²) in [6, 6.07) is 1.86. The van der Waals surface area contributed by atoms with Gasteiger partial charge in [-0.05, 0) is 50.2 Å². The van der Waals surface area contributed by atoms with Gasteiger partial charge in [-0.15, -0.1) is 0 Å². The Hall–Kier alpha value is -1.84. The number of aromatic amines is 1. The van der Waals surface area contributed by atoms with Crippen molar-refractivity contribution in [2.75, 3.05) is 13.1 Å². The van der Waals surface area contributed by atoms with E-state index >= 15 is 0 Å². The fourth-order valence-corrected chi connectivity index (χ4v) is 3.46. The van der Waals surface area contributed by atoms with Gasteiger partial charge in [-0.1, -0.05) is 12.2 Å². The maximum Gasteiger partial charge on any atom is 0.261 e. The molecule has 2 heterocycles. The van der Waals surface area contributed by atoms with Crippen LogP contribution in [0.1, 0.15) is 34.5 Å². The summed E-state index contributed by atoms with van der Waals surface area (Å²) in [6.07, 6.45) is 6.52. The number of pyridine rings is 1. The molecule has 1 fully saturated rings. The maximum atomic E-state index is 12.6. The summed E-state index contributed by atoms with van der Waals surface area (Å²) in [6.45, 7) is 5.22.